The zero-order valence-electron chi connectivity index (χ0n) is 16.6. The number of amides is 2. The number of fused-ring (bicyclic) bond motifs is 1. The van der Waals surface area contributed by atoms with Crippen LogP contribution in [-0.4, -0.2) is 36.2 Å². The Labute approximate surface area is 183 Å². The van der Waals surface area contributed by atoms with Gasteiger partial charge in [0.05, 0.1) is 11.1 Å². The Bertz CT molecular complexity index is 984. The van der Waals surface area contributed by atoms with Gasteiger partial charge in [-0.3, -0.25) is 9.59 Å². The topological polar surface area (TPSA) is 96.9 Å². The van der Waals surface area contributed by atoms with Gasteiger partial charge in [0.1, 0.15) is 17.3 Å². The standard InChI is InChI=1S/C22H22ClFN2O5/c1-13(8-9-25-21(28)12-30-14-6-7-16(23)17(24)10-14)26-22(29)20-11-18(27)15-4-2-3-5-19(15)31-20/h2-7,10,18,20,27H,1,8-9,11-12H2,(H,25,28)(H,26,29)/t18-,20-/m1/s1. The highest BCUT2D eigenvalue weighted by Gasteiger charge is 2.31. The maximum Gasteiger partial charge on any atom is 0.265 e. The van der Waals surface area contributed by atoms with Crippen LogP contribution in [0.4, 0.5) is 4.39 Å². The van der Waals surface area contributed by atoms with Crippen LogP contribution >= 0.6 is 11.6 Å². The largest absolute Gasteiger partial charge is 0.484 e. The predicted octanol–water partition coefficient (Wildman–Crippen LogP) is 2.88. The van der Waals surface area contributed by atoms with E-state index in [1.165, 1.54) is 12.1 Å². The van der Waals surface area contributed by atoms with E-state index in [4.69, 9.17) is 21.1 Å². The van der Waals surface area contributed by atoms with Crippen molar-refractivity contribution in [1.29, 1.82) is 0 Å². The summed E-state index contributed by atoms with van der Waals surface area (Å²) in [7, 11) is 0. The van der Waals surface area contributed by atoms with Crippen LogP contribution in [0.15, 0.2) is 54.7 Å². The first-order valence-electron chi connectivity index (χ1n) is 9.60. The van der Waals surface area contributed by atoms with Gasteiger partial charge in [0.15, 0.2) is 12.7 Å². The lowest BCUT2D eigenvalue weighted by Crippen LogP contribution is -2.41. The molecule has 1 aliphatic heterocycles. The minimum absolute atomic E-state index is 0.0327. The van der Waals surface area contributed by atoms with Crippen LogP contribution in [0.3, 0.4) is 0 Å². The highest BCUT2D eigenvalue weighted by Crippen LogP contribution is 2.34. The van der Waals surface area contributed by atoms with Gasteiger partial charge in [0, 0.05) is 36.7 Å². The number of rotatable bonds is 8. The third-order valence-corrected chi connectivity index (χ3v) is 4.89. The van der Waals surface area contributed by atoms with E-state index < -0.39 is 29.8 Å². The number of nitrogens with one attached hydrogen (secondary N) is 2. The van der Waals surface area contributed by atoms with E-state index in [2.05, 4.69) is 17.2 Å². The third kappa shape index (κ3) is 6.19. The second kappa shape index (κ2) is 10.3. The molecule has 9 heteroatoms. The van der Waals surface area contributed by atoms with Gasteiger partial charge in [-0.1, -0.05) is 36.4 Å². The molecule has 0 spiro atoms. The van der Waals surface area contributed by atoms with E-state index in [1.807, 2.05) is 0 Å². The minimum Gasteiger partial charge on any atom is -0.484 e. The third-order valence-electron chi connectivity index (χ3n) is 4.59. The van der Waals surface area contributed by atoms with Crippen molar-refractivity contribution in [3.8, 4) is 11.5 Å². The lowest BCUT2D eigenvalue weighted by atomic mass is 9.98. The summed E-state index contributed by atoms with van der Waals surface area (Å²) in [6, 6.07) is 10.9. The monoisotopic (exact) mass is 448 g/mol. The molecule has 7 nitrogen and oxygen atoms in total. The van der Waals surface area contributed by atoms with Crippen LogP contribution in [0.1, 0.15) is 24.5 Å². The zero-order valence-corrected chi connectivity index (χ0v) is 17.3. The summed E-state index contributed by atoms with van der Waals surface area (Å²) in [5.41, 5.74) is 1.04. The minimum atomic E-state index is -0.843. The first-order chi connectivity index (χ1) is 14.8. The van der Waals surface area contributed by atoms with Crippen molar-refractivity contribution in [2.24, 2.45) is 0 Å². The fraction of sp³-hybridized carbons (Fsp3) is 0.273. The van der Waals surface area contributed by atoms with Crippen molar-refractivity contribution in [1.82, 2.24) is 10.6 Å². The summed E-state index contributed by atoms with van der Waals surface area (Å²) < 4.78 is 24.2. The van der Waals surface area contributed by atoms with Crippen molar-refractivity contribution in [3.63, 3.8) is 0 Å². The average molecular weight is 449 g/mol. The summed E-state index contributed by atoms with van der Waals surface area (Å²) in [4.78, 5) is 24.3. The number of halogens is 2. The molecule has 1 aliphatic rings. The van der Waals surface area contributed by atoms with Gasteiger partial charge >= 0.3 is 0 Å². The van der Waals surface area contributed by atoms with E-state index in [1.54, 1.807) is 24.3 Å². The molecule has 0 saturated carbocycles. The molecule has 0 aromatic heterocycles. The van der Waals surface area contributed by atoms with Gasteiger partial charge in [0.2, 0.25) is 0 Å². The van der Waals surface area contributed by atoms with E-state index in [-0.39, 0.29) is 30.3 Å². The second-order valence-electron chi connectivity index (χ2n) is 6.95. The van der Waals surface area contributed by atoms with Crippen LogP contribution in [0.5, 0.6) is 11.5 Å². The van der Waals surface area contributed by atoms with E-state index >= 15 is 0 Å². The lowest BCUT2D eigenvalue weighted by Gasteiger charge is -2.28. The number of para-hydroxylation sites is 1. The molecule has 0 saturated heterocycles. The number of aliphatic hydroxyl groups is 1. The Morgan fingerprint density at radius 2 is 2.06 bits per heavy atom. The number of hydrogen-bond donors (Lipinski definition) is 3. The number of benzene rings is 2. The Morgan fingerprint density at radius 1 is 1.29 bits per heavy atom. The number of carbonyl (C=O) groups is 2. The van der Waals surface area contributed by atoms with Crippen molar-refractivity contribution in [3.05, 3.63) is 71.1 Å². The van der Waals surface area contributed by atoms with Gasteiger partial charge in [-0.15, -0.1) is 0 Å². The molecule has 0 unspecified atom stereocenters. The van der Waals surface area contributed by atoms with Gasteiger partial charge in [-0.2, -0.15) is 0 Å². The SMILES string of the molecule is C=C(CCNC(=O)COc1ccc(Cl)c(F)c1)NC(=O)[C@H]1C[C@@H](O)c2ccccc2O1. The van der Waals surface area contributed by atoms with Crippen molar-refractivity contribution in [2.45, 2.75) is 25.0 Å². The van der Waals surface area contributed by atoms with Gasteiger partial charge in [0.25, 0.3) is 11.8 Å². The number of aliphatic hydroxyl groups excluding tert-OH is 1. The Hall–Kier alpha value is -3.10. The second-order valence-corrected chi connectivity index (χ2v) is 7.36. The van der Waals surface area contributed by atoms with E-state index in [9.17, 15) is 19.1 Å². The van der Waals surface area contributed by atoms with Crippen molar-refractivity contribution >= 4 is 23.4 Å². The fourth-order valence-electron chi connectivity index (χ4n) is 2.99. The smallest absolute Gasteiger partial charge is 0.265 e. The number of carbonyl (C=O) groups excluding carboxylic acids is 2. The van der Waals surface area contributed by atoms with Crippen molar-refractivity contribution < 1.29 is 28.6 Å². The predicted molar refractivity (Wildman–Crippen MR) is 112 cm³/mol. The molecule has 2 aromatic carbocycles. The number of hydrogen-bond acceptors (Lipinski definition) is 5. The average Bonchev–Trinajstić information content (AvgIpc) is 2.74. The van der Waals surface area contributed by atoms with Gasteiger partial charge in [-0.25, -0.2) is 4.39 Å². The molecule has 0 radical (unpaired) electrons. The van der Waals surface area contributed by atoms with Crippen LogP contribution < -0.4 is 20.1 Å². The molecule has 164 valence electrons. The summed E-state index contributed by atoms with van der Waals surface area (Å²) >= 11 is 5.59. The van der Waals surface area contributed by atoms with E-state index in [0.717, 1.165) is 6.07 Å². The summed E-state index contributed by atoms with van der Waals surface area (Å²) in [6.07, 6.45) is -1.21. The Balaban J connectivity index is 1.37. The fourth-order valence-corrected chi connectivity index (χ4v) is 3.11. The lowest BCUT2D eigenvalue weighted by molar-refractivity contribution is -0.129. The molecular formula is C22H22ClFN2O5. The maximum absolute atomic E-state index is 13.3. The number of ether oxygens (including phenoxy) is 2. The molecule has 2 atom stereocenters. The Morgan fingerprint density at radius 3 is 2.84 bits per heavy atom. The summed E-state index contributed by atoms with van der Waals surface area (Å²) in [5.74, 6) is -0.808. The first-order valence-corrected chi connectivity index (χ1v) is 9.98. The first kappa shape index (κ1) is 22.6. The molecular weight excluding hydrogens is 427 g/mol. The van der Waals surface area contributed by atoms with E-state index in [0.29, 0.717) is 23.4 Å². The molecule has 31 heavy (non-hydrogen) atoms. The van der Waals surface area contributed by atoms with Crippen LogP contribution in [0, 0.1) is 5.82 Å². The van der Waals surface area contributed by atoms with Gasteiger partial charge in [-0.05, 0) is 18.2 Å². The van der Waals surface area contributed by atoms with Crippen LogP contribution in [-0.2, 0) is 9.59 Å². The molecule has 2 aromatic rings. The maximum atomic E-state index is 13.3. The molecule has 0 fully saturated rings. The normalized spacial score (nSPS) is 17.1. The van der Waals surface area contributed by atoms with Crippen LogP contribution in [0.2, 0.25) is 5.02 Å². The highest BCUT2D eigenvalue weighted by atomic mass is 35.5. The van der Waals surface area contributed by atoms with Gasteiger partial charge < -0.3 is 25.2 Å². The highest BCUT2D eigenvalue weighted by molar-refractivity contribution is 6.30. The molecule has 3 rings (SSSR count). The summed E-state index contributed by atoms with van der Waals surface area (Å²) in [5, 5.41) is 15.4. The molecule has 0 bridgehead atoms. The summed E-state index contributed by atoms with van der Waals surface area (Å²) in [6.45, 7) is 3.69. The quantitative estimate of drug-likeness (QED) is 0.577. The zero-order chi connectivity index (χ0) is 22.4. The van der Waals surface area contributed by atoms with Crippen LogP contribution in [0.25, 0.3) is 0 Å². The molecule has 2 amide bonds. The van der Waals surface area contributed by atoms with Crippen molar-refractivity contribution in [2.75, 3.05) is 13.2 Å². The Kier molecular flexibility index (Phi) is 7.49. The molecule has 1 heterocycles. The molecule has 0 aliphatic carbocycles. The molecule has 3 N–H and O–H groups in total.